The Morgan fingerprint density at radius 2 is 2.24 bits per heavy atom. The molecule has 1 aliphatic heterocycles. The third-order valence-electron chi connectivity index (χ3n) is 3.68. The number of carboxylic acids is 1. The van der Waals surface area contributed by atoms with Crippen molar-refractivity contribution in [2.75, 3.05) is 19.8 Å². The summed E-state index contributed by atoms with van der Waals surface area (Å²) in [5, 5.41) is 20.0. The molecule has 0 saturated carbocycles. The van der Waals surface area contributed by atoms with E-state index in [9.17, 15) is 14.9 Å². The number of ether oxygens (including phenoxy) is 1. The van der Waals surface area contributed by atoms with Crippen molar-refractivity contribution in [1.82, 2.24) is 4.90 Å². The second-order valence-corrected chi connectivity index (χ2v) is 5.70. The second kappa shape index (κ2) is 5.79. The third-order valence-corrected chi connectivity index (χ3v) is 3.68. The number of rotatable bonds is 4. The standard InChI is InChI=1S/C14H18N2O5/c1-14(2)9-21-6-5-15(14)8-10-3-4-12(16(19)20)11(7-10)13(17)18/h3-4,7H,5-6,8-9H2,1-2H3,(H,17,18). The number of aromatic carboxylic acids is 1. The van der Waals surface area contributed by atoms with Gasteiger partial charge < -0.3 is 9.84 Å². The minimum Gasteiger partial charge on any atom is -0.477 e. The molecule has 0 bridgehead atoms. The molecule has 114 valence electrons. The van der Waals surface area contributed by atoms with E-state index in [0.29, 0.717) is 19.8 Å². The van der Waals surface area contributed by atoms with Gasteiger partial charge in [0, 0.05) is 24.7 Å². The number of morpholine rings is 1. The maximum absolute atomic E-state index is 11.2. The molecule has 7 nitrogen and oxygen atoms in total. The lowest BCUT2D eigenvalue weighted by molar-refractivity contribution is -0.385. The summed E-state index contributed by atoms with van der Waals surface area (Å²) >= 11 is 0. The lowest BCUT2D eigenvalue weighted by Crippen LogP contribution is -2.52. The number of benzene rings is 1. The first-order valence-electron chi connectivity index (χ1n) is 6.65. The van der Waals surface area contributed by atoms with Crippen molar-refractivity contribution in [1.29, 1.82) is 0 Å². The van der Waals surface area contributed by atoms with Crippen molar-refractivity contribution in [3.63, 3.8) is 0 Å². The zero-order valence-electron chi connectivity index (χ0n) is 12.0. The molecule has 0 aliphatic carbocycles. The molecule has 2 rings (SSSR count). The number of hydrogen-bond acceptors (Lipinski definition) is 5. The molecule has 0 unspecified atom stereocenters. The van der Waals surface area contributed by atoms with Gasteiger partial charge in [0.1, 0.15) is 5.56 Å². The van der Waals surface area contributed by atoms with Crippen molar-refractivity contribution in [2.24, 2.45) is 0 Å². The lowest BCUT2D eigenvalue weighted by Gasteiger charge is -2.42. The fourth-order valence-electron chi connectivity index (χ4n) is 2.42. The van der Waals surface area contributed by atoms with E-state index in [1.165, 1.54) is 12.1 Å². The third kappa shape index (κ3) is 3.37. The Bertz CT molecular complexity index is 570. The van der Waals surface area contributed by atoms with Crippen molar-refractivity contribution >= 4 is 11.7 Å². The molecule has 1 fully saturated rings. The Morgan fingerprint density at radius 1 is 1.52 bits per heavy atom. The van der Waals surface area contributed by atoms with Crippen LogP contribution in [0.5, 0.6) is 0 Å². The molecule has 1 aromatic rings. The first kappa shape index (κ1) is 15.4. The Kier molecular flexibility index (Phi) is 4.24. The molecule has 1 saturated heterocycles. The number of carboxylic acid groups (broad SMARTS) is 1. The highest BCUT2D eigenvalue weighted by Crippen LogP contribution is 2.25. The molecular formula is C14H18N2O5. The van der Waals surface area contributed by atoms with Crippen LogP contribution in [0.15, 0.2) is 18.2 Å². The van der Waals surface area contributed by atoms with Crippen LogP contribution in [0, 0.1) is 10.1 Å². The van der Waals surface area contributed by atoms with Crippen LogP contribution >= 0.6 is 0 Å². The Hall–Kier alpha value is -1.99. The number of hydrogen-bond donors (Lipinski definition) is 1. The molecule has 1 aliphatic rings. The fourth-order valence-corrected chi connectivity index (χ4v) is 2.42. The van der Waals surface area contributed by atoms with Gasteiger partial charge in [0.2, 0.25) is 0 Å². The molecule has 0 spiro atoms. The first-order chi connectivity index (χ1) is 9.81. The molecule has 0 amide bonds. The predicted octanol–water partition coefficient (Wildman–Crippen LogP) is 1.90. The van der Waals surface area contributed by atoms with E-state index in [1.54, 1.807) is 6.07 Å². The summed E-state index contributed by atoms with van der Waals surface area (Å²) in [7, 11) is 0. The van der Waals surface area contributed by atoms with E-state index in [2.05, 4.69) is 18.7 Å². The van der Waals surface area contributed by atoms with Crippen LogP contribution in [-0.2, 0) is 11.3 Å². The van der Waals surface area contributed by atoms with E-state index < -0.39 is 10.9 Å². The highest BCUT2D eigenvalue weighted by atomic mass is 16.6. The van der Waals surface area contributed by atoms with Gasteiger partial charge in [0.05, 0.1) is 18.1 Å². The molecule has 0 radical (unpaired) electrons. The Balaban J connectivity index is 2.27. The highest BCUT2D eigenvalue weighted by molar-refractivity contribution is 5.92. The van der Waals surface area contributed by atoms with Gasteiger partial charge >= 0.3 is 5.97 Å². The van der Waals surface area contributed by atoms with Gasteiger partial charge in [-0.2, -0.15) is 0 Å². The summed E-state index contributed by atoms with van der Waals surface area (Å²) in [5.74, 6) is -1.29. The molecule has 21 heavy (non-hydrogen) atoms. The van der Waals surface area contributed by atoms with Crippen molar-refractivity contribution < 1.29 is 19.6 Å². The molecule has 0 atom stereocenters. The van der Waals surface area contributed by atoms with Crippen LogP contribution in [0.4, 0.5) is 5.69 Å². The smallest absolute Gasteiger partial charge is 0.342 e. The van der Waals surface area contributed by atoms with Gasteiger partial charge in [-0.1, -0.05) is 6.07 Å². The summed E-state index contributed by atoms with van der Waals surface area (Å²) in [4.78, 5) is 23.5. The summed E-state index contributed by atoms with van der Waals surface area (Å²) in [6, 6.07) is 4.24. The van der Waals surface area contributed by atoms with Crippen LogP contribution in [0.25, 0.3) is 0 Å². The SMILES string of the molecule is CC1(C)COCCN1Cc1ccc([N+](=O)[O-])c(C(=O)O)c1. The summed E-state index contributed by atoms with van der Waals surface area (Å²) in [5.41, 5.74) is -0.0623. The van der Waals surface area contributed by atoms with E-state index in [-0.39, 0.29) is 16.8 Å². The van der Waals surface area contributed by atoms with E-state index in [1.807, 2.05) is 0 Å². The maximum Gasteiger partial charge on any atom is 0.342 e. The number of nitro benzene ring substituents is 1. The number of nitrogens with zero attached hydrogens (tertiary/aromatic N) is 2. The fraction of sp³-hybridized carbons (Fsp3) is 0.500. The van der Waals surface area contributed by atoms with Gasteiger partial charge in [0.25, 0.3) is 5.69 Å². The topological polar surface area (TPSA) is 92.9 Å². The number of nitro groups is 1. The van der Waals surface area contributed by atoms with Crippen LogP contribution in [0.1, 0.15) is 29.8 Å². The van der Waals surface area contributed by atoms with Gasteiger partial charge in [-0.3, -0.25) is 15.0 Å². The monoisotopic (exact) mass is 294 g/mol. The average Bonchev–Trinajstić information content (AvgIpc) is 2.40. The van der Waals surface area contributed by atoms with Gasteiger partial charge in [-0.15, -0.1) is 0 Å². The van der Waals surface area contributed by atoms with Crippen molar-refractivity contribution in [2.45, 2.75) is 25.9 Å². The molecular weight excluding hydrogens is 276 g/mol. The van der Waals surface area contributed by atoms with E-state index >= 15 is 0 Å². The van der Waals surface area contributed by atoms with Crippen LogP contribution in [0.2, 0.25) is 0 Å². The van der Waals surface area contributed by atoms with Crippen molar-refractivity contribution in [3.8, 4) is 0 Å². The quantitative estimate of drug-likeness (QED) is 0.673. The second-order valence-electron chi connectivity index (χ2n) is 5.70. The zero-order chi connectivity index (χ0) is 15.6. The van der Waals surface area contributed by atoms with Crippen LogP contribution in [-0.4, -0.2) is 46.2 Å². The molecule has 1 N–H and O–H groups in total. The molecule has 1 heterocycles. The first-order valence-corrected chi connectivity index (χ1v) is 6.65. The summed E-state index contributed by atoms with van der Waals surface area (Å²) in [6.07, 6.45) is 0. The molecule has 7 heteroatoms. The maximum atomic E-state index is 11.2. The Morgan fingerprint density at radius 3 is 2.81 bits per heavy atom. The summed E-state index contributed by atoms with van der Waals surface area (Å²) < 4.78 is 5.44. The molecule has 1 aromatic carbocycles. The van der Waals surface area contributed by atoms with Gasteiger partial charge in [-0.25, -0.2) is 4.79 Å². The minimum atomic E-state index is -1.29. The minimum absolute atomic E-state index is 0.149. The summed E-state index contributed by atoms with van der Waals surface area (Å²) in [6.45, 7) is 6.61. The van der Waals surface area contributed by atoms with E-state index in [4.69, 9.17) is 9.84 Å². The number of carbonyl (C=O) groups is 1. The Labute approximate surface area is 122 Å². The van der Waals surface area contributed by atoms with Crippen molar-refractivity contribution in [3.05, 3.63) is 39.4 Å². The lowest BCUT2D eigenvalue weighted by atomic mass is 10.0. The average molecular weight is 294 g/mol. The predicted molar refractivity (Wildman–Crippen MR) is 75.4 cm³/mol. The highest BCUT2D eigenvalue weighted by Gasteiger charge is 2.31. The largest absolute Gasteiger partial charge is 0.477 e. The van der Waals surface area contributed by atoms with Crippen LogP contribution in [0.3, 0.4) is 0 Å². The molecule has 0 aromatic heterocycles. The van der Waals surface area contributed by atoms with Crippen LogP contribution < -0.4 is 0 Å². The van der Waals surface area contributed by atoms with E-state index in [0.717, 1.165) is 12.1 Å². The van der Waals surface area contributed by atoms with Gasteiger partial charge in [0.15, 0.2) is 0 Å². The van der Waals surface area contributed by atoms with Gasteiger partial charge in [-0.05, 0) is 25.5 Å². The normalized spacial score (nSPS) is 18.4. The zero-order valence-corrected chi connectivity index (χ0v) is 12.0.